The van der Waals surface area contributed by atoms with E-state index in [-0.39, 0.29) is 11.9 Å². The molecule has 94 valence electrons. The normalized spacial score (nSPS) is 21.4. The first-order chi connectivity index (χ1) is 7.65. The Morgan fingerprint density at radius 1 is 1.50 bits per heavy atom. The van der Waals surface area contributed by atoms with Crippen LogP contribution in [0.3, 0.4) is 0 Å². The summed E-state index contributed by atoms with van der Waals surface area (Å²) in [6.45, 7) is 6.04. The Morgan fingerprint density at radius 2 is 2.12 bits per heavy atom. The molecule has 16 heavy (non-hydrogen) atoms. The summed E-state index contributed by atoms with van der Waals surface area (Å²) in [4.78, 5) is 11.6. The van der Waals surface area contributed by atoms with Crippen LogP contribution in [0.25, 0.3) is 0 Å². The van der Waals surface area contributed by atoms with Crippen LogP contribution in [0.2, 0.25) is 0 Å². The highest BCUT2D eigenvalue weighted by molar-refractivity contribution is 5.75. The van der Waals surface area contributed by atoms with Gasteiger partial charge in [-0.1, -0.05) is 20.3 Å². The van der Waals surface area contributed by atoms with Crippen LogP contribution < -0.4 is 5.73 Å². The SMILES string of the molecule is CCC(C)C(N)C(=O)OCC1CCOCC1. The lowest BCUT2D eigenvalue weighted by molar-refractivity contribution is -0.148. The van der Waals surface area contributed by atoms with Gasteiger partial charge in [-0.05, 0) is 24.7 Å². The van der Waals surface area contributed by atoms with Gasteiger partial charge >= 0.3 is 5.97 Å². The van der Waals surface area contributed by atoms with Gasteiger partial charge in [-0.15, -0.1) is 0 Å². The molecule has 0 bridgehead atoms. The highest BCUT2D eigenvalue weighted by Crippen LogP contribution is 2.15. The molecule has 0 aromatic carbocycles. The van der Waals surface area contributed by atoms with Crippen molar-refractivity contribution in [3.05, 3.63) is 0 Å². The molecule has 2 N–H and O–H groups in total. The molecule has 0 radical (unpaired) electrons. The predicted octanol–water partition coefficient (Wildman–Crippen LogP) is 1.33. The molecule has 0 saturated carbocycles. The van der Waals surface area contributed by atoms with Crippen LogP contribution in [0, 0.1) is 11.8 Å². The van der Waals surface area contributed by atoms with E-state index in [4.69, 9.17) is 15.2 Å². The second-order valence-corrected chi connectivity index (χ2v) is 4.60. The van der Waals surface area contributed by atoms with Gasteiger partial charge in [-0.3, -0.25) is 4.79 Å². The van der Waals surface area contributed by atoms with Crippen molar-refractivity contribution in [3.63, 3.8) is 0 Å². The second kappa shape index (κ2) is 6.86. The molecule has 0 aromatic rings. The summed E-state index contributed by atoms with van der Waals surface area (Å²) in [6.07, 6.45) is 2.85. The van der Waals surface area contributed by atoms with Crippen molar-refractivity contribution >= 4 is 5.97 Å². The predicted molar refractivity (Wildman–Crippen MR) is 61.9 cm³/mol. The van der Waals surface area contributed by atoms with E-state index in [1.54, 1.807) is 0 Å². The van der Waals surface area contributed by atoms with Crippen molar-refractivity contribution in [1.82, 2.24) is 0 Å². The average molecular weight is 229 g/mol. The Bertz CT molecular complexity index is 214. The largest absolute Gasteiger partial charge is 0.464 e. The number of ether oxygens (including phenoxy) is 2. The molecule has 1 rings (SSSR count). The molecule has 1 fully saturated rings. The van der Waals surface area contributed by atoms with Crippen molar-refractivity contribution in [2.45, 2.75) is 39.2 Å². The zero-order chi connectivity index (χ0) is 12.0. The Kier molecular flexibility index (Phi) is 5.77. The summed E-state index contributed by atoms with van der Waals surface area (Å²) >= 11 is 0. The van der Waals surface area contributed by atoms with Crippen molar-refractivity contribution in [2.24, 2.45) is 17.6 Å². The summed E-state index contributed by atoms with van der Waals surface area (Å²) < 4.78 is 10.5. The van der Waals surface area contributed by atoms with Crippen LogP contribution >= 0.6 is 0 Å². The lowest BCUT2D eigenvalue weighted by atomic mass is 10.00. The number of rotatable bonds is 5. The fourth-order valence-electron chi connectivity index (χ4n) is 1.70. The van der Waals surface area contributed by atoms with Gasteiger partial charge < -0.3 is 15.2 Å². The fourth-order valence-corrected chi connectivity index (χ4v) is 1.70. The van der Waals surface area contributed by atoms with E-state index in [1.807, 2.05) is 13.8 Å². The van der Waals surface area contributed by atoms with E-state index in [1.165, 1.54) is 0 Å². The Hall–Kier alpha value is -0.610. The summed E-state index contributed by atoms with van der Waals surface area (Å²) in [5.74, 6) is 0.366. The van der Waals surface area contributed by atoms with Crippen LogP contribution in [-0.4, -0.2) is 31.8 Å². The van der Waals surface area contributed by atoms with Gasteiger partial charge in [0.05, 0.1) is 6.61 Å². The smallest absolute Gasteiger partial charge is 0.323 e. The summed E-state index contributed by atoms with van der Waals surface area (Å²) in [5.41, 5.74) is 5.79. The zero-order valence-corrected chi connectivity index (χ0v) is 10.3. The molecule has 0 aliphatic carbocycles. The molecule has 0 amide bonds. The van der Waals surface area contributed by atoms with E-state index in [2.05, 4.69) is 0 Å². The minimum Gasteiger partial charge on any atom is -0.464 e. The van der Waals surface area contributed by atoms with E-state index in [9.17, 15) is 4.79 Å². The molecule has 0 spiro atoms. The molecule has 2 atom stereocenters. The maximum Gasteiger partial charge on any atom is 0.323 e. The zero-order valence-electron chi connectivity index (χ0n) is 10.3. The third kappa shape index (κ3) is 4.10. The second-order valence-electron chi connectivity index (χ2n) is 4.60. The number of nitrogens with two attached hydrogens (primary N) is 1. The highest BCUT2D eigenvalue weighted by Gasteiger charge is 2.22. The molecule has 0 aromatic heterocycles. The minimum absolute atomic E-state index is 0.183. The molecule has 1 aliphatic heterocycles. The third-order valence-electron chi connectivity index (χ3n) is 3.33. The third-order valence-corrected chi connectivity index (χ3v) is 3.33. The topological polar surface area (TPSA) is 61.6 Å². The van der Waals surface area contributed by atoms with Gasteiger partial charge in [0.25, 0.3) is 0 Å². The van der Waals surface area contributed by atoms with E-state index < -0.39 is 6.04 Å². The molecule has 4 nitrogen and oxygen atoms in total. The highest BCUT2D eigenvalue weighted by atomic mass is 16.5. The first-order valence-electron chi connectivity index (χ1n) is 6.15. The number of hydrogen-bond donors (Lipinski definition) is 1. The molecular formula is C12H23NO3. The standard InChI is InChI=1S/C12H23NO3/c1-3-9(2)11(13)12(14)16-8-10-4-6-15-7-5-10/h9-11H,3-8,13H2,1-2H3. The van der Waals surface area contributed by atoms with E-state index in [0.29, 0.717) is 12.5 Å². The van der Waals surface area contributed by atoms with Crippen molar-refractivity contribution in [1.29, 1.82) is 0 Å². The van der Waals surface area contributed by atoms with Crippen LogP contribution in [-0.2, 0) is 14.3 Å². The molecule has 1 heterocycles. The van der Waals surface area contributed by atoms with Crippen LogP contribution in [0.4, 0.5) is 0 Å². The average Bonchev–Trinajstić information content (AvgIpc) is 2.35. The van der Waals surface area contributed by atoms with Gasteiger partial charge in [0.1, 0.15) is 6.04 Å². The minimum atomic E-state index is -0.482. The van der Waals surface area contributed by atoms with Crippen molar-refractivity contribution < 1.29 is 14.3 Å². The van der Waals surface area contributed by atoms with E-state index >= 15 is 0 Å². The van der Waals surface area contributed by atoms with Crippen molar-refractivity contribution in [3.8, 4) is 0 Å². The maximum absolute atomic E-state index is 11.6. The lowest BCUT2D eigenvalue weighted by Crippen LogP contribution is -2.39. The summed E-state index contributed by atoms with van der Waals surface area (Å²) in [7, 11) is 0. The van der Waals surface area contributed by atoms with E-state index in [0.717, 1.165) is 32.5 Å². The van der Waals surface area contributed by atoms with Gasteiger partial charge in [0.2, 0.25) is 0 Å². The molecule has 1 aliphatic rings. The number of carbonyl (C=O) groups excluding carboxylic acids is 1. The first-order valence-corrected chi connectivity index (χ1v) is 6.15. The Balaban J connectivity index is 2.23. The number of esters is 1. The van der Waals surface area contributed by atoms with Crippen LogP contribution in [0.15, 0.2) is 0 Å². The van der Waals surface area contributed by atoms with Crippen LogP contribution in [0.1, 0.15) is 33.1 Å². The van der Waals surface area contributed by atoms with Gasteiger partial charge in [0, 0.05) is 13.2 Å². The first kappa shape index (κ1) is 13.5. The summed E-state index contributed by atoms with van der Waals surface area (Å²) in [5, 5.41) is 0. The van der Waals surface area contributed by atoms with Crippen molar-refractivity contribution in [2.75, 3.05) is 19.8 Å². The molecule has 2 unspecified atom stereocenters. The monoisotopic (exact) mass is 229 g/mol. The Morgan fingerprint density at radius 3 is 2.69 bits per heavy atom. The quantitative estimate of drug-likeness (QED) is 0.722. The lowest BCUT2D eigenvalue weighted by Gasteiger charge is -2.23. The molecule has 1 saturated heterocycles. The van der Waals surface area contributed by atoms with Gasteiger partial charge in [0.15, 0.2) is 0 Å². The fraction of sp³-hybridized carbons (Fsp3) is 0.917. The molecule has 4 heteroatoms. The van der Waals surface area contributed by atoms with Crippen LogP contribution in [0.5, 0.6) is 0 Å². The maximum atomic E-state index is 11.6. The summed E-state index contributed by atoms with van der Waals surface area (Å²) in [6, 6.07) is -0.482. The number of hydrogen-bond acceptors (Lipinski definition) is 4. The van der Waals surface area contributed by atoms with Gasteiger partial charge in [-0.2, -0.15) is 0 Å². The number of carbonyl (C=O) groups is 1. The molecular weight excluding hydrogens is 206 g/mol. The van der Waals surface area contributed by atoms with Gasteiger partial charge in [-0.25, -0.2) is 0 Å². The Labute approximate surface area is 97.5 Å².